The Hall–Kier alpha value is -1.49. The molecule has 2 N–H and O–H groups in total. The van der Waals surface area contributed by atoms with Gasteiger partial charge in [-0.1, -0.05) is 20.8 Å². The Bertz CT molecular complexity index is 381. The van der Waals surface area contributed by atoms with E-state index in [0.717, 1.165) is 4.90 Å². The van der Waals surface area contributed by atoms with E-state index in [1.165, 1.54) is 12.2 Å². The van der Waals surface area contributed by atoms with Crippen molar-refractivity contribution >= 4 is 17.6 Å². The van der Waals surface area contributed by atoms with Crippen molar-refractivity contribution in [2.45, 2.75) is 39.7 Å². The highest BCUT2D eigenvalue weighted by Gasteiger charge is 2.36. The fourth-order valence-corrected chi connectivity index (χ4v) is 2.23. The van der Waals surface area contributed by atoms with Crippen LogP contribution in [0.4, 0.5) is 0 Å². The van der Waals surface area contributed by atoms with E-state index in [0.29, 0.717) is 12.8 Å². The van der Waals surface area contributed by atoms with Crippen LogP contribution in [0.2, 0.25) is 0 Å². The van der Waals surface area contributed by atoms with E-state index in [2.05, 4.69) is 0 Å². The van der Waals surface area contributed by atoms with Gasteiger partial charge in [-0.05, 0) is 6.42 Å². The fourth-order valence-electron chi connectivity index (χ4n) is 2.23. The Labute approximate surface area is 107 Å². The molecule has 1 rings (SSSR count). The maximum Gasteiger partial charge on any atom is 0.253 e. The number of imide groups is 1. The highest BCUT2D eigenvalue weighted by Crippen LogP contribution is 2.28. The average molecular weight is 252 g/mol. The molecule has 0 radical (unpaired) electrons. The van der Waals surface area contributed by atoms with Crippen LogP contribution in [0.15, 0.2) is 12.2 Å². The molecule has 0 aromatic rings. The number of ketones is 1. The predicted octanol–water partition coefficient (Wildman–Crippen LogP) is 0.634. The van der Waals surface area contributed by atoms with Gasteiger partial charge in [-0.2, -0.15) is 0 Å². The molecule has 0 aromatic heterocycles. The summed E-state index contributed by atoms with van der Waals surface area (Å²) in [6.45, 7) is 5.61. The zero-order valence-corrected chi connectivity index (χ0v) is 11.1. The van der Waals surface area contributed by atoms with Crippen LogP contribution < -0.4 is 5.73 Å². The quantitative estimate of drug-likeness (QED) is 0.703. The summed E-state index contributed by atoms with van der Waals surface area (Å²) in [5.74, 6) is -0.599. The van der Waals surface area contributed by atoms with Crippen molar-refractivity contribution in [1.82, 2.24) is 4.90 Å². The number of hydrogen-bond acceptors (Lipinski definition) is 4. The lowest BCUT2D eigenvalue weighted by atomic mass is 9.80. The smallest absolute Gasteiger partial charge is 0.253 e. The number of carbonyl (C=O) groups excluding carboxylic acids is 3. The number of nitrogens with zero attached hydrogens (tertiary/aromatic N) is 1. The molecular formula is C13H20N2O3. The van der Waals surface area contributed by atoms with Crippen molar-refractivity contribution in [3.8, 4) is 0 Å². The molecule has 100 valence electrons. The SMILES string of the molecule is CCC(=O)C(C)(C)CC(CN)N1C(=O)C=CC1=O. The summed E-state index contributed by atoms with van der Waals surface area (Å²) in [7, 11) is 0. The van der Waals surface area contributed by atoms with Gasteiger partial charge in [-0.15, -0.1) is 0 Å². The number of rotatable bonds is 6. The van der Waals surface area contributed by atoms with Crippen molar-refractivity contribution in [3.05, 3.63) is 12.2 Å². The van der Waals surface area contributed by atoms with Crippen molar-refractivity contribution in [3.63, 3.8) is 0 Å². The Morgan fingerprint density at radius 3 is 2.22 bits per heavy atom. The molecule has 0 aromatic carbocycles. The van der Waals surface area contributed by atoms with Crippen LogP contribution in [0.25, 0.3) is 0 Å². The second kappa shape index (κ2) is 5.44. The van der Waals surface area contributed by atoms with E-state index < -0.39 is 11.5 Å². The first-order valence-electron chi connectivity index (χ1n) is 6.12. The lowest BCUT2D eigenvalue weighted by Gasteiger charge is -2.32. The molecule has 0 bridgehead atoms. The largest absolute Gasteiger partial charge is 0.328 e. The third-order valence-electron chi connectivity index (χ3n) is 3.30. The normalized spacial score (nSPS) is 17.4. The molecule has 1 atom stereocenters. The van der Waals surface area contributed by atoms with Crippen molar-refractivity contribution in [2.24, 2.45) is 11.1 Å². The van der Waals surface area contributed by atoms with Crippen molar-refractivity contribution in [2.75, 3.05) is 6.54 Å². The molecule has 0 fully saturated rings. The third-order valence-corrected chi connectivity index (χ3v) is 3.30. The zero-order valence-electron chi connectivity index (χ0n) is 11.1. The van der Waals surface area contributed by atoms with Gasteiger partial charge in [-0.25, -0.2) is 0 Å². The van der Waals surface area contributed by atoms with Gasteiger partial charge >= 0.3 is 0 Å². The molecule has 1 unspecified atom stereocenters. The van der Waals surface area contributed by atoms with Crippen molar-refractivity contribution < 1.29 is 14.4 Å². The average Bonchev–Trinajstić information content (AvgIpc) is 2.65. The maximum atomic E-state index is 11.8. The summed E-state index contributed by atoms with van der Waals surface area (Å²) in [6, 6.07) is -0.425. The van der Waals surface area contributed by atoms with Gasteiger partial charge in [-0.3, -0.25) is 19.3 Å². The molecule has 5 nitrogen and oxygen atoms in total. The minimum absolute atomic E-state index is 0.105. The van der Waals surface area contributed by atoms with Crippen LogP contribution in [0.1, 0.15) is 33.6 Å². The first-order chi connectivity index (χ1) is 8.33. The Balaban J connectivity index is 2.83. The van der Waals surface area contributed by atoms with Gasteiger partial charge in [0, 0.05) is 30.5 Å². The minimum Gasteiger partial charge on any atom is -0.328 e. The van der Waals surface area contributed by atoms with Crippen LogP contribution >= 0.6 is 0 Å². The lowest BCUT2D eigenvalue weighted by Crippen LogP contribution is -2.47. The standard InChI is InChI=1S/C13H20N2O3/c1-4-10(16)13(2,3)7-9(8-14)15-11(17)5-6-12(15)18/h5-6,9H,4,7-8,14H2,1-3H3. The van der Waals surface area contributed by atoms with Gasteiger partial charge in [0.1, 0.15) is 5.78 Å². The molecule has 1 heterocycles. The zero-order chi connectivity index (χ0) is 13.9. The van der Waals surface area contributed by atoms with Gasteiger partial charge in [0.25, 0.3) is 11.8 Å². The molecule has 5 heteroatoms. The summed E-state index contributed by atoms with van der Waals surface area (Å²) in [5, 5.41) is 0. The van der Waals surface area contributed by atoms with Crippen LogP contribution in [0.5, 0.6) is 0 Å². The second-order valence-electron chi connectivity index (χ2n) is 5.13. The summed E-state index contributed by atoms with van der Waals surface area (Å²) in [4.78, 5) is 36.1. The Morgan fingerprint density at radius 1 is 1.33 bits per heavy atom. The Morgan fingerprint density at radius 2 is 1.83 bits per heavy atom. The minimum atomic E-state index is -0.581. The fraction of sp³-hybridized carbons (Fsp3) is 0.615. The second-order valence-corrected chi connectivity index (χ2v) is 5.13. The molecule has 0 aliphatic carbocycles. The van der Waals surface area contributed by atoms with Gasteiger partial charge < -0.3 is 5.73 Å². The van der Waals surface area contributed by atoms with E-state index in [4.69, 9.17) is 5.73 Å². The van der Waals surface area contributed by atoms with Gasteiger partial charge in [0.2, 0.25) is 0 Å². The molecule has 2 amide bonds. The van der Waals surface area contributed by atoms with Gasteiger partial charge in [0.15, 0.2) is 0 Å². The maximum absolute atomic E-state index is 11.8. The summed E-state index contributed by atoms with van der Waals surface area (Å²) in [5.41, 5.74) is 5.06. The number of amides is 2. The molecule has 0 saturated heterocycles. The summed E-state index contributed by atoms with van der Waals surface area (Å²) < 4.78 is 0. The van der Waals surface area contributed by atoms with Crippen LogP contribution in [0.3, 0.4) is 0 Å². The highest BCUT2D eigenvalue weighted by molar-refractivity contribution is 6.13. The lowest BCUT2D eigenvalue weighted by molar-refractivity contribution is -0.141. The molecule has 0 spiro atoms. The third kappa shape index (κ3) is 2.85. The van der Waals surface area contributed by atoms with Gasteiger partial charge in [0.05, 0.1) is 6.04 Å². The molecule has 1 aliphatic heterocycles. The monoisotopic (exact) mass is 252 g/mol. The van der Waals surface area contributed by atoms with E-state index in [1.807, 2.05) is 13.8 Å². The first kappa shape index (κ1) is 14.6. The predicted molar refractivity (Wildman–Crippen MR) is 67.5 cm³/mol. The number of Topliss-reactive ketones (excluding diaryl/α,β-unsaturated/α-hetero) is 1. The van der Waals surface area contributed by atoms with Crippen LogP contribution in [0, 0.1) is 5.41 Å². The molecular weight excluding hydrogens is 232 g/mol. The van der Waals surface area contributed by atoms with Crippen LogP contribution in [-0.4, -0.2) is 35.1 Å². The van der Waals surface area contributed by atoms with Crippen molar-refractivity contribution in [1.29, 1.82) is 0 Å². The number of nitrogens with two attached hydrogens (primary N) is 1. The molecule has 1 aliphatic rings. The topological polar surface area (TPSA) is 80.5 Å². The van der Waals surface area contributed by atoms with E-state index in [-0.39, 0.29) is 24.1 Å². The first-order valence-corrected chi connectivity index (χ1v) is 6.12. The van der Waals surface area contributed by atoms with E-state index >= 15 is 0 Å². The summed E-state index contributed by atoms with van der Waals surface area (Å²) >= 11 is 0. The Kier molecular flexibility index (Phi) is 4.40. The van der Waals surface area contributed by atoms with E-state index in [9.17, 15) is 14.4 Å². The van der Waals surface area contributed by atoms with E-state index in [1.54, 1.807) is 6.92 Å². The highest BCUT2D eigenvalue weighted by atomic mass is 16.2. The number of carbonyl (C=O) groups is 3. The van der Waals surface area contributed by atoms with Crippen LogP contribution in [-0.2, 0) is 14.4 Å². The molecule has 18 heavy (non-hydrogen) atoms. The summed E-state index contributed by atoms with van der Waals surface area (Å²) in [6.07, 6.45) is 3.30. The number of hydrogen-bond donors (Lipinski definition) is 1. The molecule has 0 saturated carbocycles.